The molecular weight excluding hydrogens is 390 g/mol. The minimum atomic E-state index is -0.656. The maximum absolute atomic E-state index is 12.1. The number of carbonyl (C=O) groups excluding carboxylic acids is 1. The topological polar surface area (TPSA) is 116 Å². The van der Waals surface area contributed by atoms with E-state index in [2.05, 4.69) is 10.5 Å². The fraction of sp³-hybridized carbons (Fsp3) is 0.143. The predicted molar refractivity (Wildman–Crippen MR) is 109 cm³/mol. The highest BCUT2D eigenvalue weighted by atomic mass is 16.6. The van der Waals surface area contributed by atoms with E-state index in [1.165, 1.54) is 18.3 Å². The van der Waals surface area contributed by atoms with Crippen molar-refractivity contribution in [2.75, 3.05) is 6.61 Å². The first kappa shape index (κ1) is 20.6. The maximum atomic E-state index is 12.1. The molecule has 3 rings (SSSR count). The number of rotatable bonds is 9. The minimum absolute atomic E-state index is 0.156. The van der Waals surface area contributed by atoms with Gasteiger partial charge in [0.25, 0.3) is 5.91 Å². The van der Waals surface area contributed by atoms with Crippen molar-refractivity contribution >= 4 is 18.0 Å². The Labute approximate surface area is 172 Å². The van der Waals surface area contributed by atoms with Gasteiger partial charge in [-0.05, 0) is 55.0 Å². The monoisotopic (exact) mass is 409 g/mol. The van der Waals surface area contributed by atoms with Gasteiger partial charge in [-0.15, -0.1) is 0 Å². The lowest BCUT2D eigenvalue weighted by atomic mass is 10.1. The normalized spacial score (nSPS) is 10.7. The molecule has 0 saturated carbocycles. The summed E-state index contributed by atoms with van der Waals surface area (Å²) in [6, 6.07) is 16.8. The van der Waals surface area contributed by atoms with Crippen molar-refractivity contribution < 1.29 is 23.6 Å². The highest BCUT2D eigenvalue weighted by molar-refractivity contribution is 5.94. The van der Waals surface area contributed by atoms with E-state index in [4.69, 9.17) is 13.9 Å². The van der Waals surface area contributed by atoms with Crippen LogP contribution in [0.3, 0.4) is 0 Å². The second-order valence-corrected chi connectivity index (χ2v) is 6.02. The number of amides is 1. The van der Waals surface area contributed by atoms with Gasteiger partial charge in [-0.25, -0.2) is 5.43 Å². The first-order valence-electron chi connectivity index (χ1n) is 9.07. The number of hydrogen-bond acceptors (Lipinski definition) is 7. The van der Waals surface area contributed by atoms with Crippen molar-refractivity contribution in [1.29, 1.82) is 0 Å². The number of furan rings is 1. The molecule has 0 saturated heterocycles. The van der Waals surface area contributed by atoms with Gasteiger partial charge in [-0.2, -0.15) is 5.10 Å². The lowest BCUT2D eigenvalue weighted by Gasteiger charge is -2.08. The van der Waals surface area contributed by atoms with E-state index in [9.17, 15) is 14.9 Å². The van der Waals surface area contributed by atoms with E-state index < -0.39 is 16.7 Å². The minimum Gasteiger partial charge on any atom is -0.494 e. The third-order valence-corrected chi connectivity index (χ3v) is 3.91. The van der Waals surface area contributed by atoms with Crippen molar-refractivity contribution in [3.05, 3.63) is 87.7 Å². The highest BCUT2D eigenvalue weighted by Gasteiger charge is 2.10. The molecule has 1 heterocycles. The number of hydrogen-bond donors (Lipinski definition) is 1. The molecule has 154 valence electrons. The third kappa shape index (κ3) is 5.68. The molecule has 0 fully saturated rings. The molecule has 0 aliphatic carbocycles. The van der Waals surface area contributed by atoms with E-state index in [1.54, 1.807) is 24.3 Å². The van der Waals surface area contributed by atoms with E-state index in [0.29, 0.717) is 24.5 Å². The molecule has 1 N–H and O–H groups in total. The lowest BCUT2D eigenvalue weighted by Crippen LogP contribution is -2.17. The van der Waals surface area contributed by atoms with Gasteiger partial charge in [0.2, 0.25) is 0 Å². The summed E-state index contributed by atoms with van der Waals surface area (Å²) in [5, 5.41) is 14.3. The zero-order chi connectivity index (χ0) is 21.3. The maximum Gasteiger partial charge on any atom is 0.433 e. The Morgan fingerprint density at radius 3 is 2.33 bits per heavy atom. The standard InChI is InChI=1S/C21H19N3O6/c1-2-28-17-7-9-18(10-8-17)29-14-15-3-5-16(6-4-15)21(25)23-22-13-19-11-12-20(30-19)24(26)27/h3-13H,2,14H2,1H3,(H,23,25)/b22-13+. The molecule has 0 unspecified atom stereocenters. The van der Waals surface area contributed by atoms with Crippen molar-refractivity contribution in [2.45, 2.75) is 13.5 Å². The molecule has 1 aromatic heterocycles. The SMILES string of the molecule is CCOc1ccc(OCc2ccc(C(=O)N/N=C/c3ccc([N+](=O)[O-])o3)cc2)cc1. The molecule has 0 atom stereocenters. The number of ether oxygens (including phenoxy) is 2. The first-order valence-corrected chi connectivity index (χ1v) is 9.07. The Morgan fingerprint density at radius 1 is 1.07 bits per heavy atom. The van der Waals surface area contributed by atoms with Crippen LogP contribution in [-0.4, -0.2) is 23.7 Å². The third-order valence-electron chi connectivity index (χ3n) is 3.91. The second-order valence-electron chi connectivity index (χ2n) is 6.02. The lowest BCUT2D eigenvalue weighted by molar-refractivity contribution is -0.402. The van der Waals surface area contributed by atoms with Gasteiger partial charge in [0.1, 0.15) is 23.0 Å². The van der Waals surface area contributed by atoms with Crippen LogP contribution in [0, 0.1) is 10.1 Å². The molecule has 0 bridgehead atoms. The quantitative estimate of drug-likeness (QED) is 0.325. The molecule has 1 amide bonds. The van der Waals surface area contributed by atoms with Crippen molar-refractivity contribution in [3.63, 3.8) is 0 Å². The van der Waals surface area contributed by atoms with Gasteiger partial charge in [-0.3, -0.25) is 14.9 Å². The smallest absolute Gasteiger partial charge is 0.433 e. The Kier molecular flexibility index (Phi) is 6.78. The van der Waals surface area contributed by atoms with Crippen LogP contribution < -0.4 is 14.9 Å². The largest absolute Gasteiger partial charge is 0.494 e. The Bertz CT molecular complexity index is 1030. The fourth-order valence-corrected chi connectivity index (χ4v) is 2.45. The number of hydrazone groups is 1. The average Bonchev–Trinajstić information content (AvgIpc) is 3.23. The summed E-state index contributed by atoms with van der Waals surface area (Å²) in [6.45, 7) is 2.88. The molecule has 9 nitrogen and oxygen atoms in total. The van der Waals surface area contributed by atoms with Crippen LogP contribution >= 0.6 is 0 Å². The van der Waals surface area contributed by atoms with E-state index in [0.717, 1.165) is 11.3 Å². The summed E-state index contributed by atoms with van der Waals surface area (Å²) in [5.41, 5.74) is 3.64. The summed E-state index contributed by atoms with van der Waals surface area (Å²) in [6.07, 6.45) is 1.18. The van der Waals surface area contributed by atoms with Gasteiger partial charge in [0.05, 0.1) is 18.9 Å². The van der Waals surface area contributed by atoms with Crippen LogP contribution in [0.4, 0.5) is 5.88 Å². The van der Waals surface area contributed by atoms with Gasteiger partial charge in [-0.1, -0.05) is 12.1 Å². The Balaban J connectivity index is 1.49. The Morgan fingerprint density at radius 2 is 1.73 bits per heavy atom. The first-order chi connectivity index (χ1) is 14.5. The van der Waals surface area contributed by atoms with Crippen LogP contribution in [0.5, 0.6) is 11.5 Å². The highest BCUT2D eigenvalue weighted by Crippen LogP contribution is 2.19. The number of nitrogens with one attached hydrogen (secondary N) is 1. The van der Waals surface area contributed by atoms with Crippen molar-refractivity contribution in [1.82, 2.24) is 5.43 Å². The van der Waals surface area contributed by atoms with Crippen LogP contribution in [-0.2, 0) is 6.61 Å². The van der Waals surface area contributed by atoms with Gasteiger partial charge in [0, 0.05) is 5.56 Å². The van der Waals surface area contributed by atoms with Crippen molar-refractivity contribution in [3.8, 4) is 11.5 Å². The summed E-state index contributed by atoms with van der Waals surface area (Å²) in [5.74, 6) is 0.835. The molecule has 3 aromatic rings. The number of nitrogens with zero attached hydrogens (tertiary/aromatic N) is 2. The zero-order valence-corrected chi connectivity index (χ0v) is 16.1. The van der Waals surface area contributed by atoms with Gasteiger partial charge < -0.3 is 13.9 Å². The van der Waals surface area contributed by atoms with Crippen LogP contribution in [0.15, 0.2) is 70.2 Å². The molecule has 0 aliphatic heterocycles. The molecule has 0 radical (unpaired) electrons. The summed E-state index contributed by atoms with van der Waals surface area (Å²) >= 11 is 0. The average molecular weight is 409 g/mol. The van der Waals surface area contributed by atoms with Crippen LogP contribution in [0.2, 0.25) is 0 Å². The molecule has 2 aromatic carbocycles. The number of nitro groups is 1. The molecule has 0 spiro atoms. The van der Waals surface area contributed by atoms with E-state index in [-0.39, 0.29) is 5.76 Å². The number of carbonyl (C=O) groups is 1. The van der Waals surface area contributed by atoms with Gasteiger partial charge >= 0.3 is 5.88 Å². The van der Waals surface area contributed by atoms with Crippen LogP contribution in [0.1, 0.15) is 28.6 Å². The predicted octanol–water partition coefficient (Wildman–Crippen LogP) is 3.93. The van der Waals surface area contributed by atoms with Crippen molar-refractivity contribution in [2.24, 2.45) is 5.10 Å². The van der Waals surface area contributed by atoms with Crippen LogP contribution in [0.25, 0.3) is 0 Å². The summed E-state index contributed by atoms with van der Waals surface area (Å²) < 4.78 is 16.0. The summed E-state index contributed by atoms with van der Waals surface area (Å²) in [7, 11) is 0. The Hall–Kier alpha value is -4.14. The molecular formula is C21H19N3O6. The summed E-state index contributed by atoms with van der Waals surface area (Å²) in [4.78, 5) is 22.0. The zero-order valence-electron chi connectivity index (χ0n) is 16.1. The molecule has 30 heavy (non-hydrogen) atoms. The molecule has 0 aliphatic rings. The molecule has 9 heteroatoms. The van der Waals surface area contributed by atoms with E-state index >= 15 is 0 Å². The van der Waals surface area contributed by atoms with Gasteiger partial charge in [0.15, 0.2) is 5.76 Å². The fourth-order valence-electron chi connectivity index (χ4n) is 2.45. The van der Waals surface area contributed by atoms with E-state index in [1.807, 2.05) is 31.2 Å². The second kappa shape index (κ2) is 9.87. The number of benzene rings is 2.